The van der Waals surface area contributed by atoms with Crippen molar-refractivity contribution in [3.63, 3.8) is 0 Å². The minimum atomic E-state index is -0.741. The van der Waals surface area contributed by atoms with Crippen LogP contribution < -0.4 is 5.73 Å². The summed E-state index contributed by atoms with van der Waals surface area (Å²) in [7, 11) is 0. The van der Waals surface area contributed by atoms with Crippen LogP contribution >= 0.6 is 23.2 Å². The van der Waals surface area contributed by atoms with Crippen LogP contribution in [0.3, 0.4) is 0 Å². The molecule has 0 amide bonds. The summed E-state index contributed by atoms with van der Waals surface area (Å²) in [5.41, 5.74) is 6.01. The average molecular weight is 308 g/mol. The molecule has 0 aliphatic carbocycles. The fraction of sp³-hybridized carbons (Fsp3) is 0.571. The highest BCUT2D eigenvalue weighted by Gasteiger charge is 2.25. The lowest BCUT2D eigenvalue weighted by atomic mass is 9.90. The molecule has 1 unspecified atom stereocenters. The summed E-state index contributed by atoms with van der Waals surface area (Å²) in [6.07, 6.45) is 2.68. The monoisotopic (exact) mass is 307 g/mol. The zero-order valence-corrected chi connectivity index (χ0v) is 12.8. The predicted molar refractivity (Wildman–Crippen MR) is 78.3 cm³/mol. The lowest BCUT2D eigenvalue weighted by Gasteiger charge is -2.26. The molecule has 0 aliphatic heterocycles. The first kappa shape index (κ1) is 16.7. The van der Waals surface area contributed by atoms with Crippen molar-refractivity contribution < 1.29 is 9.13 Å². The Bertz CT molecular complexity index is 424. The number of unbranched alkanes of at least 4 members (excludes halogenated alkanes) is 1. The van der Waals surface area contributed by atoms with Gasteiger partial charge in [-0.1, -0.05) is 36.5 Å². The van der Waals surface area contributed by atoms with Crippen molar-refractivity contribution in [3.8, 4) is 0 Å². The molecule has 108 valence electrons. The van der Waals surface area contributed by atoms with Gasteiger partial charge < -0.3 is 10.5 Å². The second-order valence-corrected chi connectivity index (χ2v) is 5.69. The number of benzene rings is 1. The van der Waals surface area contributed by atoms with Crippen LogP contribution in [0, 0.1) is 5.82 Å². The molecule has 2 nitrogen and oxygen atoms in total. The van der Waals surface area contributed by atoms with Gasteiger partial charge in [0, 0.05) is 23.8 Å². The van der Waals surface area contributed by atoms with Crippen molar-refractivity contribution >= 4 is 23.2 Å². The van der Waals surface area contributed by atoms with Gasteiger partial charge in [0.1, 0.15) is 5.82 Å². The summed E-state index contributed by atoms with van der Waals surface area (Å²) in [5, 5.41) is 0.383. The molecule has 0 spiro atoms. The molecule has 0 saturated heterocycles. The molecule has 0 bridgehead atoms. The fourth-order valence-electron chi connectivity index (χ4n) is 1.73. The molecule has 2 N–H and O–H groups in total. The third kappa shape index (κ3) is 4.92. The summed E-state index contributed by atoms with van der Waals surface area (Å²) < 4.78 is 19.0. The largest absolute Gasteiger partial charge is 0.381 e. The normalized spacial score (nSPS) is 14.4. The lowest BCUT2D eigenvalue weighted by molar-refractivity contribution is 0.114. The van der Waals surface area contributed by atoms with Gasteiger partial charge in [-0.15, -0.1) is 0 Å². The second kappa shape index (κ2) is 7.44. The van der Waals surface area contributed by atoms with Crippen LogP contribution in [0.15, 0.2) is 12.1 Å². The number of halogens is 3. The fourth-order valence-corrected chi connectivity index (χ4v) is 2.33. The molecule has 1 aromatic rings. The molecule has 1 atom stereocenters. The van der Waals surface area contributed by atoms with Crippen LogP contribution in [0.2, 0.25) is 10.0 Å². The Kier molecular flexibility index (Phi) is 6.54. The number of hydrogen-bond acceptors (Lipinski definition) is 2. The molecule has 19 heavy (non-hydrogen) atoms. The average Bonchev–Trinajstić information content (AvgIpc) is 2.33. The molecule has 0 saturated carbocycles. The molecule has 1 aromatic carbocycles. The van der Waals surface area contributed by atoms with E-state index < -0.39 is 11.4 Å². The summed E-state index contributed by atoms with van der Waals surface area (Å²) in [5.74, 6) is -0.510. The molecule has 5 heteroatoms. The van der Waals surface area contributed by atoms with Gasteiger partial charge in [-0.25, -0.2) is 4.39 Å². The second-order valence-electron chi connectivity index (χ2n) is 4.88. The van der Waals surface area contributed by atoms with E-state index in [1.54, 1.807) is 0 Å². The molecular weight excluding hydrogens is 288 g/mol. The van der Waals surface area contributed by atoms with Gasteiger partial charge in [0.15, 0.2) is 0 Å². The maximum atomic E-state index is 13.5. The van der Waals surface area contributed by atoms with E-state index in [0.717, 1.165) is 19.4 Å². The molecule has 1 rings (SSSR count). The van der Waals surface area contributed by atoms with Crippen molar-refractivity contribution in [1.82, 2.24) is 0 Å². The van der Waals surface area contributed by atoms with Crippen LogP contribution in [0.5, 0.6) is 0 Å². The number of hydrogen-bond donors (Lipinski definition) is 1. The third-order valence-corrected chi connectivity index (χ3v) is 3.64. The van der Waals surface area contributed by atoms with Gasteiger partial charge >= 0.3 is 0 Å². The standard InChI is InChI=1S/C14H20Cl2FNO/c1-3-4-6-19-7-5-14(2,18)10-8-13(17)12(16)9-11(10)15/h8-9H,3-7,18H2,1-2H3. The zero-order valence-electron chi connectivity index (χ0n) is 11.3. The van der Waals surface area contributed by atoms with Gasteiger partial charge in [-0.3, -0.25) is 0 Å². The van der Waals surface area contributed by atoms with E-state index in [1.165, 1.54) is 12.1 Å². The predicted octanol–water partition coefficient (Wildman–Crippen LogP) is 4.51. The Labute approximate surface area is 124 Å². The Balaban J connectivity index is 2.68. The van der Waals surface area contributed by atoms with Crippen LogP contribution in [0.4, 0.5) is 4.39 Å². The Morgan fingerprint density at radius 1 is 1.26 bits per heavy atom. The van der Waals surface area contributed by atoms with Gasteiger partial charge in [-0.2, -0.15) is 0 Å². The first-order valence-corrected chi connectivity index (χ1v) is 7.15. The molecule has 0 heterocycles. The van der Waals surface area contributed by atoms with Crippen LogP contribution in [0.25, 0.3) is 0 Å². The van der Waals surface area contributed by atoms with E-state index in [-0.39, 0.29) is 5.02 Å². The smallest absolute Gasteiger partial charge is 0.142 e. The summed E-state index contributed by atoms with van der Waals surface area (Å²) >= 11 is 11.7. The molecule has 0 aliphatic rings. The highest BCUT2D eigenvalue weighted by molar-refractivity contribution is 6.35. The van der Waals surface area contributed by atoms with Crippen molar-refractivity contribution in [2.24, 2.45) is 5.73 Å². The maximum absolute atomic E-state index is 13.5. The van der Waals surface area contributed by atoms with Gasteiger partial charge in [0.05, 0.1) is 5.02 Å². The quantitative estimate of drug-likeness (QED) is 0.594. The van der Waals surface area contributed by atoms with E-state index in [4.69, 9.17) is 33.7 Å². The lowest BCUT2D eigenvalue weighted by Crippen LogP contribution is -2.35. The first-order valence-electron chi connectivity index (χ1n) is 6.40. The van der Waals surface area contributed by atoms with Gasteiger partial charge in [0.2, 0.25) is 0 Å². The van der Waals surface area contributed by atoms with E-state index >= 15 is 0 Å². The first-order chi connectivity index (χ1) is 8.88. The topological polar surface area (TPSA) is 35.2 Å². The molecular formula is C14H20Cl2FNO. The van der Waals surface area contributed by atoms with Crippen molar-refractivity contribution in [2.45, 2.75) is 38.6 Å². The summed E-state index contributed by atoms with van der Waals surface area (Å²) in [6.45, 7) is 5.15. The van der Waals surface area contributed by atoms with Gasteiger partial charge in [-0.05, 0) is 37.5 Å². The minimum absolute atomic E-state index is 0.00347. The van der Waals surface area contributed by atoms with Crippen molar-refractivity contribution in [2.75, 3.05) is 13.2 Å². The number of rotatable bonds is 7. The summed E-state index contributed by atoms with van der Waals surface area (Å²) in [6, 6.07) is 2.69. The van der Waals surface area contributed by atoms with Crippen LogP contribution in [-0.2, 0) is 10.3 Å². The maximum Gasteiger partial charge on any atom is 0.142 e. The summed E-state index contributed by atoms with van der Waals surface area (Å²) in [4.78, 5) is 0. The third-order valence-electron chi connectivity index (χ3n) is 3.03. The SMILES string of the molecule is CCCCOCCC(C)(N)c1cc(F)c(Cl)cc1Cl. The van der Waals surface area contributed by atoms with Gasteiger partial charge in [0.25, 0.3) is 0 Å². The highest BCUT2D eigenvalue weighted by Crippen LogP contribution is 2.32. The molecule has 0 radical (unpaired) electrons. The Morgan fingerprint density at radius 3 is 2.58 bits per heavy atom. The Morgan fingerprint density at radius 2 is 1.95 bits per heavy atom. The van der Waals surface area contributed by atoms with E-state index in [9.17, 15) is 4.39 Å². The zero-order chi connectivity index (χ0) is 14.5. The highest BCUT2D eigenvalue weighted by atomic mass is 35.5. The van der Waals surface area contributed by atoms with E-state index in [2.05, 4.69) is 6.92 Å². The van der Waals surface area contributed by atoms with Crippen molar-refractivity contribution in [1.29, 1.82) is 0 Å². The Hall–Kier alpha value is -0.350. The number of nitrogens with two attached hydrogens (primary N) is 1. The minimum Gasteiger partial charge on any atom is -0.381 e. The molecule has 0 fully saturated rings. The van der Waals surface area contributed by atoms with E-state index in [0.29, 0.717) is 23.6 Å². The van der Waals surface area contributed by atoms with Crippen LogP contribution in [-0.4, -0.2) is 13.2 Å². The van der Waals surface area contributed by atoms with Crippen LogP contribution in [0.1, 0.15) is 38.7 Å². The molecule has 0 aromatic heterocycles. The number of ether oxygens (including phenoxy) is 1. The van der Waals surface area contributed by atoms with E-state index in [1.807, 2.05) is 6.92 Å². The van der Waals surface area contributed by atoms with Crippen molar-refractivity contribution in [3.05, 3.63) is 33.6 Å².